The fraction of sp³-hybridized carbons (Fsp3) is 0.600. The van der Waals surface area contributed by atoms with E-state index in [0.29, 0.717) is 13.2 Å². The third-order valence-electron chi connectivity index (χ3n) is 2.95. The van der Waals surface area contributed by atoms with Gasteiger partial charge in [-0.25, -0.2) is 0 Å². The van der Waals surface area contributed by atoms with E-state index in [1.807, 2.05) is 12.1 Å². The first-order valence-corrected chi connectivity index (χ1v) is 6.49. The number of nitrogens with one attached hydrogen (secondary N) is 1. The lowest BCUT2D eigenvalue weighted by Crippen LogP contribution is -2.36. The predicted molar refractivity (Wildman–Crippen MR) is 76.4 cm³/mol. The van der Waals surface area contributed by atoms with Gasteiger partial charge in [-0.3, -0.25) is 0 Å². The summed E-state index contributed by atoms with van der Waals surface area (Å²) in [4.78, 5) is 0. The molecule has 1 rings (SSSR count). The lowest BCUT2D eigenvalue weighted by atomic mass is 10.0. The van der Waals surface area contributed by atoms with E-state index >= 15 is 0 Å². The zero-order valence-electron chi connectivity index (χ0n) is 12.5. The number of rotatable bonds is 7. The van der Waals surface area contributed by atoms with Gasteiger partial charge >= 0.3 is 0 Å². The number of benzene rings is 1. The largest absolute Gasteiger partial charge is 0.496 e. The second-order valence-electron chi connectivity index (χ2n) is 5.42. The van der Waals surface area contributed by atoms with E-state index in [2.05, 4.69) is 18.3 Å². The lowest BCUT2D eigenvalue weighted by Gasteiger charge is -2.22. The lowest BCUT2D eigenvalue weighted by molar-refractivity contribution is 0.0770. The highest BCUT2D eigenvalue weighted by Crippen LogP contribution is 2.24. The summed E-state index contributed by atoms with van der Waals surface area (Å²) in [6.07, 6.45) is 0. The Bertz CT molecular complexity index is 399. The first kappa shape index (κ1) is 16.0. The summed E-state index contributed by atoms with van der Waals surface area (Å²) in [6, 6.07) is 6.21. The average Bonchev–Trinajstić information content (AvgIpc) is 2.35. The Labute approximate surface area is 115 Å². The molecule has 1 aromatic carbocycles. The summed E-state index contributed by atoms with van der Waals surface area (Å²) in [7, 11) is 3.33. The van der Waals surface area contributed by atoms with E-state index in [1.54, 1.807) is 28.1 Å². The highest BCUT2D eigenvalue weighted by atomic mass is 16.5. The number of methoxy groups -OCH3 is 2. The average molecular weight is 267 g/mol. The van der Waals surface area contributed by atoms with Crippen LogP contribution in [0.25, 0.3) is 0 Å². The van der Waals surface area contributed by atoms with Crippen LogP contribution in [-0.4, -0.2) is 31.5 Å². The minimum Gasteiger partial charge on any atom is -0.496 e. The molecule has 1 unspecified atom stereocenters. The number of ether oxygens (including phenoxy) is 2. The summed E-state index contributed by atoms with van der Waals surface area (Å²) in [6.45, 7) is 6.72. The van der Waals surface area contributed by atoms with Crippen molar-refractivity contribution in [2.45, 2.75) is 39.0 Å². The van der Waals surface area contributed by atoms with E-state index in [0.717, 1.165) is 16.9 Å². The Morgan fingerprint density at radius 1 is 1.32 bits per heavy atom. The molecular weight excluding hydrogens is 242 g/mol. The zero-order chi connectivity index (χ0) is 14.5. The van der Waals surface area contributed by atoms with Gasteiger partial charge in [0, 0.05) is 25.3 Å². The molecule has 19 heavy (non-hydrogen) atoms. The molecule has 0 fully saturated rings. The first-order chi connectivity index (χ1) is 8.87. The molecule has 0 bridgehead atoms. The van der Waals surface area contributed by atoms with Gasteiger partial charge in [-0.1, -0.05) is 6.07 Å². The molecule has 0 saturated carbocycles. The van der Waals surface area contributed by atoms with Gasteiger partial charge in [0.2, 0.25) is 0 Å². The molecule has 1 aromatic rings. The van der Waals surface area contributed by atoms with Crippen molar-refractivity contribution in [1.29, 1.82) is 0 Å². The molecule has 0 amide bonds. The maximum Gasteiger partial charge on any atom is 0.124 e. The molecule has 0 aliphatic carbocycles. The third-order valence-corrected chi connectivity index (χ3v) is 2.95. The second-order valence-corrected chi connectivity index (χ2v) is 5.42. The van der Waals surface area contributed by atoms with Crippen molar-refractivity contribution >= 4 is 0 Å². The Kier molecular flexibility index (Phi) is 5.79. The summed E-state index contributed by atoms with van der Waals surface area (Å²) < 4.78 is 10.5. The van der Waals surface area contributed by atoms with E-state index in [9.17, 15) is 5.11 Å². The minimum atomic E-state index is -0.712. The predicted octanol–water partition coefficient (Wildman–Crippen LogP) is 2.26. The van der Waals surface area contributed by atoms with Crippen molar-refractivity contribution < 1.29 is 14.6 Å². The van der Waals surface area contributed by atoms with Crippen molar-refractivity contribution in [3.05, 3.63) is 29.3 Å². The highest BCUT2D eigenvalue weighted by Gasteiger charge is 2.15. The van der Waals surface area contributed by atoms with Crippen molar-refractivity contribution in [2.24, 2.45) is 0 Å². The molecule has 0 spiro atoms. The van der Waals surface area contributed by atoms with Gasteiger partial charge in [-0.2, -0.15) is 0 Å². The molecule has 0 heterocycles. The van der Waals surface area contributed by atoms with Crippen LogP contribution in [0.1, 0.15) is 37.9 Å². The van der Waals surface area contributed by atoms with Crippen LogP contribution in [0.2, 0.25) is 0 Å². The molecule has 4 nitrogen and oxygen atoms in total. The first-order valence-electron chi connectivity index (χ1n) is 6.49. The summed E-state index contributed by atoms with van der Waals surface area (Å²) in [5, 5.41) is 13.0. The molecule has 0 aromatic heterocycles. The zero-order valence-corrected chi connectivity index (χ0v) is 12.5. The standard InChI is InChI=1S/C15H25NO3/c1-11(16-10-15(2,3)17)12-6-7-14(19-5)13(8-12)9-18-4/h6-8,11,16-17H,9-10H2,1-5H3. The van der Waals surface area contributed by atoms with Crippen LogP contribution in [-0.2, 0) is 11.3 Å². The van der Waals surface area contributed by atoms with Crippen molar-refractivity contribution in [2.75, 3.05) is 20.8 Å². The second kappa shape index (κ2) is 6.89. The molecule has 0 aliphatic heterocycles. The molecule has 0 aliphatic rings. The summed E-state index contributed by atoms with van der Waals surface area (Å²) >= 11 is 0. The Balaban J connectivity index is 2.80. The maximum absolute atomic E-state index is 9.73. The fourth-order valence-corrected chi connectivity index (χ4v) is 1.86. The van der Waals surface area contributed by atoms with Gasteiger partial charge in [0.25, 0.3) is 0 Å². The SMILES string of the molecule is COCc1cc(C(C)NCC(C)(C)O)ccc1OC. The normalized spacial score (nSPS) is 13.4. The van der Waals surface area contributed by atoms with Gasteiger partial charge in [0.05, 0.1) is 19.3 Å². The molecule has 0 saturated heterocycles. The van der Waals surface area contributed by atoms with Gasteiger partial charge in [-0.05, 0) is 38.5 Å². The number of hydrogen-bond acceptors (Lipinski definition) is 4. The maximum atomic E-state index is 9.73. The quantitative estimate of drug-likeness (QED) is 0.795. The number of hydrogen-bond donors (Lipinski definition) is 2. The molecule has 108 valence electrons. The van der Waals surface area contributed by atoms with E-state index in [-0.39, 0.29) is 6.04 Å². The van der Waals surface area contributed by atoms with Crippen LogP contribution in [0, 0.1) is 0 Å². The summed E-state index contributed by atoms with van der Waals surface area (Å²) in [5.74, 6) is 0.834. The molecule has 0 radical (unpaired) electrons. The van der Waals surface area contributed by atoms with E-state index < -0.39 is 5.60 Å². The van der Waals surface area contributed by atoms with Crippen LogP contribution in [0.5, 0.6) is 5.75 Å². The monoisotopic (exact) mass is 267 g/mol. The Morgan fingerprint density at radius 3 is 2.53 bits per heavy atom. The van der Waals surface area contributed by atoms with E-state index in [4.69, 9.17) is 9.47 Å². The van der Waals surface area contributed by atoms with Crippen LogP contribution in [0.15, 0.2) is 18.2 Å². The number of aliphatic hydroxyl groups is 1. The Hall–Kier alpha value is -1.10. The molecule has 4 heteroatoms. The smallest absolute Gasteiger partial charge is 0.124 e. The van der Waals surface area contributed by atoms with Crippen LogP contribution >= 0.6 is 0 Å². The fourth-order valence-electron chi connectivity index (χ4n) is 1.86. The van der Waals surface area contributed by atoms with Crippen LogP contribution < -0.4 is 10.1 Å². The molecule has 2 N–H and O–H groups in total. The highest BCUT2D eigenvalue weighted by molar-refractivity contribution is 5.38. The van der Waals surface area contributed by atoms with E-state index in [1.165, 1.54) is 0 Å². The Morgan fingerprint density at radius 2 is 2.00 bits per heavy atom. The van der Waals surface area contributed by atoms with Gasteiger partial charge < -0.3 is 19.9 Å². The third kappa shape index (κ3) is 5.19. The van der Waals surface area contributed by atoms with Gasteiger partial charge in [-0.15, -0.1) is 0 Å². The van der Waals surface area contributed by atoms with Crippen LogP contribution in [0.3, 0.4) is 0 Å². The van der Waals surface area contributed by atoms with Crippen molar-refractivity contribution in [1.82, 2.24) is 5.32 Å². The minimum absolute atomic E-state index is 0.160. The van der Waals surface area contributed by atoms with Gasteiger partial charge in [0.1, 0.15) is 5.75 Å². The molecular formula is C15H25NO3. The van der Waals surface area contributed by atoms with Crippen molar-refractivity contribution in [3.63, 3.8) is 0 Å². The summed E-state index contributed by atoms with van der Waals surface area (Å²) in [5.41, 5.74) is 1.47. The van der Waals surface area contributed by atoms with Crippen molar-refractivity contribution in [3.8, 4) is 5.75 Å². The molecule has 1 atom stereocenters. The van der Waals surface area contributed by atoms with Crippen LogP contribution in [0.4, 0.5) is 0 Å². The topological polar surface area (TPSA) is 50.7 Å². The van der Waals surface area contributed by atoms with Gasteiger partial charge in [0.15, 0.2) is 0 Å².